The van der Waals surface area contributed by atoms with Crippen molar-refractivity contribution in [1.29, 1.82) is 0 Å². The Bertz CT molecular complexity index is 495. The third-order valence-electron chi connectivity index (χ3n) is 3.23. The second-order valence-corrected chi connectivity index (χ2v) is 4.68. The lowest BCUT2D eigenvalue weighted by molar-refractivity contribution is -0.124. The van der Waals surface area contributed by atoms with Crippen LogP contribution in [0, 0.1) is 0 Å². The van der Waals surface area contributed by atoms with E-state index in [1.54, 1.807) is 12.1 Å². The topological polar surface area (TPSA) is 89.7 Å². The summed E-state index contributed by atoms with van der Waals surface area (Å²) in [5.41, 5.74) is 6.33. The maximum Gasteiger partial charge on any atom is 0.245 e. The molecular formula is C14H22N4O3. The maximum atomic E-state index is 12.1. The molecule has 1 aromatic heterocycles. The molecule has 2 rings (SSSR count). The van der Waals surface area contributed by atoms with Gasteiger partial charge in [0.05, 0.1) is 25.5 Å². The third-order valence-corrected chi connectivity index (χ3v) is 3.23. The lowest BCUT2D eigenvalue weighted by atomic mass is 10.2. The zero-order valence-corrected chi connectivity index (χ0v) is 12.5. The Labute approximate surface area is 124 Å². The van der Waals surface area contributed by atoms with Crippen molar-refractivity contribution in [3.63, 3.8) is 0 Å². The summed E-state index contributed by atoms with van der Waals surface area (Å²) in [4.78, 5) is 18.5. The van der Waals surface area contributed by atoms with Crippen LogP contribution in [0.4, 0.5) is 11.5 Å². The monoisotopic (exact) mass is 294 g/mol. The second kappa shape index (κ2) is 7.12. The molecule has 116 valence electrons. The molecule has 0 radical (unpaired) electrons. The van der Waals surface area contributed by atoms with E-state index in [-0.39, 0.29) is 11.9 Å². The number of aromatic nitrogens is 1. The van der Waals surface area contributed by atoms with Crippen LogP contribution in [0.2, 0.25) is 0 Å². The fourth-order valence-electron chi connectivity index (χ4n) is 2.24. The Morgan fingerprint density at radius 2 is 2.38 bits per heavy atom. The van der Waals surface area contributed by atoms with E-state index in [0.717, 1.165) is 0 Å². The number of rotatable bonds is 5. The molecule has 1 aliphatic heterocycles. The number of hydrogen-bond donors (Lipinski definition) is 2. The van der Waals surface area contributed by atoms with Crippen molar-refractivity contribution in [3.05, 3.63) is 12.1 Å². The summed E-state index contributed by atoms with van der Waals surface area (Å²) in [5, 5.41) is 2.82. The third kappa shape index (κ3) is 3.55. The van der Waals surface area contributed by atoms with Gasteiger partial charge in [-0.15, -0.1) is 0 Å². The van der Waals surface area contributed by atoms with E-state index in [9.17, 15) is 4.79 Å². The fourth-order valence-corrected chi connectivity index (χ4v) is 2.24. The van der Waals surface area contributed by atoms with Crippen LogP contribution in [0.5, 0.6) is 5.88 Å². The van der Waals surface area contributed by atoms with Gasteiger partial charge >= 0.3 is 0 Å². The van der Waals surface area contributed by atoms with Gasteiger partial charge in [-0.05, 0) is 26.0 Å². The molecule has 0 aromatic carbocycles. The lowest BCUT2D eigenvalue weighted by Gasteiger charge is -2.35. The number of morpholine rings is 1. The summed E-state index contributed by atoms with van der Waals surface area (Å²) in [6, 6.07) is 3.16. The first-order chi connectivity index (χ1) is 10.2. The van der Waals surface area contributed by atoms with E-state index in [4.69, 9.17) is 15.2 Å². The number of nitrogens with two attached hydrogens (primary N) is 1. The molecule has 1 aliphatic rings. The zero-order valence-electron chi connectivity index (χ0n) is 12.5. The highest BCUT2D eigenvalue weighted by Gasteiger charge is 2.30. The number of nitrogen functional groups attached to an aromatic ring is 1. The number of likely N-dealkylation sites (N-methyl/N-ethyl adjacent to an activating group) is 1. The summed E-state index contributed by atoms with van der Waals surface area (Å²) in [5.74, 6) is 1.01. The molecule has 0 aliphatic carbocycles. The molecule has 0 bridgehead atoms. The van der Waals surface area contributed by atoms with Crippen LogP contribution in [0.3, 0.4) is 0 Å². The Morgan fingerprint density at radius 3 is 3.10 bits per heavy atom. The highest BCUT2D eigenvalue weighted by atomic mass is 16.5. The summed E-state index contributed by atoms with van der Waals surface area (Å²) in [6.07, 6.45) is 0. The molecule has 1 aromatic rings. The van der Waals surface area contributed by atoms with Crippen LogP contribution in [-0.2, 0) is 9.53 Å². The standard InChI is InChI=1S/C14H22N4O3/c1-3-16-13(19)11-9-20-8-7-18(11)12-6-5-10(15)14(17-12)21-4-2/h5-6,11H,3-4,7-9,15H2,1-2H3,(H,16,19). The molecule has 21 heavy (non-hydrogen) atoms. The predicted octanol–water partition coefficient (Wildman–Crippen LogP) is 0.404. The van der Waals surface area contributed by atoms with Crippen molar-refractivity contribution in [1.82, 2.24) is 10.3 Å². The fraction of sp³-hybridized carbons (Fsp3) is 0.571. The van der Waals surface area contributed by atoms with Gasteiger partial charge < -0.3 is 25.4 Å². The molecule has 1 atom stereocenters. The van der Waals surface area contributed by atoms with E-state index in [2.05, 4.69) is 10.3 Å². The number of nitrogens with one attached hydrogen (secondary N) is 1. The first-order valence-electron chi connectivity index (χ1n) is 7.18. The van der Waals surface area contributed by atoms with Gasteiger partial charge in [-0.3, -0.25) is 4.79 Å². The van der Waals surface area contributed by atoms with E-state index in [0.29, 0.717) is 50.3 Å². The highest BCUT2D eigenvalue weighted by molar-refractivity contribution is 5.85. The number of anilines is 2. The van der Waals surface area contributed by atoms with Crippen LogP contribution < -0.4 is 20.7 Å². The molecule has 7 heteroatoms. The molecule has 3 N–H and O–H groups in total. The summed E-state index contributed by atoms with van der Waals surface area (Å²) < 4.78 is 10.8. The number of pyridine rings is 1. The molecule has 2 heterocycles. The Morgan fingerprint density at radius 1 is 1.57 bits per heavy atom. The van der Waals surface area contributed by atoms with E-state index in [1.807, 2.05) is 18.7 Å². The van der Waals surface area contributed by atoms with Gasteiger partial charge in [0.15, 0.2) is 0 Å². The quantitative estimate of drug-likeness (QED) is 0.817. The molecule has 1 amide bonds. The number of ether oxygens (including phenoxy) is 2. The lowest BCUT2D eigenvalue weighted by Crippen LogP contribution is -2.54. The van der Waals surface area contributed by atoms with Crippen LogP contribution in [0.25, 0.3) is 0 Å². The molecule has 1 fully saturated rings. The first kappa shape index (κ1) is 15.4. The molecule has 1 saturated heterocycles. The smallest absolute Gasteiger partial charge is 0.245 e. The Balaban J connectivity index is 2.24. The summed E-state index contributed by atoms with van der Waals surface area (Å²) in [6.45, 7) is 6.35. The van der Waals surface area contributed by atoms with Crippen molar-refractivity contribution in [2.75, 3.05) is 43.5 Å². The molecule has 7 nitrogen and oxygen atoms in total. The SMILES string of the molecule is CCNC(=O)C1COCCN1c1ccc(N)c(OCC)n1. The molecule has 0 saturated carbocycles. The molecule has 0 spiro atoms. The van der Waals surface area contributed by atoms with Crippen molar-refractivity contribution < 1.29 is 14.3 Å². The summed E-state index contributed by atoms with van der Waals surface area (Å²) in [7, 11) is 0. The van der Waals surface area contributed by atoms with Gasteiger partial charge in [0.25, 0.3) is 0 Å². The largest absolute Gasteiger partial charge is 0.476 e. The minimum absolute atomic E-state index is 0.0613. The van der Waals surface area contributed by atoms with Gasteiger partial charge in [0.2, 0.25) is 11.8 Å². The van der Waals surface area contributed by atoms with Gasteiger partial charge in [0, 0.05) is 13.1 Å². The minimum Gasteiger partial charge on any atom is -0.476 e. The van der Waals surface area contributed by atoms with Crippen LogP contribution in [-0.4, -0.2) is 49.8 Å². The average molecular weight is 294 g/mol. The Hall–Kier alpha value is -2.02. The number of hydrogen-bond acceptors (Lipinski definition) is 6. The van der Waals surface area contributed by atoms with Crippen molar-refractivity contribution in [2.45, 2.75) is 19.9 Å². The zero-order chi connectivity index (χ0) is 15.2. The Kier molecular flexibility index (Phi) is 5.21. The maximum absolute atomic E-state index is 12.1. The normalized spacial score (nSPS) is 18.4. The number of carbonyl (C=O) groups excluding carboxylic acids is 1. The molecule has 1 unspecified atom stereocenters. The van der Waals surface area contributed by atoms with Crippen LogP contribution in [0.1, 0.15) is 13.8 Å². The van der Waals surface area contributed by atoms with Gasteiger partial charge in [-0.2, -0.15) is 4.98 Å². The van der Waals surface area contributed by atoms with Crippen molar-refractivity contribution in [3.8, 4) is 5.88 Å². The van der Waals surface area contributed by atoms with E-state index in [1.165, 1.54) is 0 Å². The second-order valence-electron chi connectivity index (χ2n) is 4.68. The highest BCUT2D eigenvalue weighted by Crippen LogP contribution is 2.25. The van der Waals surface area contributed by atoms with Gasteiger partial charge in [0.1, 0.15) is 11.9 Å². The summed E-state index contributed by atoms with van der Waals surface area (Å²) >= 11 is 0. The van der Waals surface area contributed by atoms with Crippen molar-refractivity contribution in [2.24, 2.45) is 0 Å². The van der Waals surface area contributed by atoms with Gasteiger partial charge in [-0.1, -0.05) is 0 Å². The number of nitrogens with zero attached hydrogens (tertiary/aromatic N) is 2. The molecular weight excluding hydrogens is 272 g/mol. The number of carbonyl (C=O) groups is 1. The first-order valence-corrected chi connectivity index (χ1v) is 7.18. The van der Waals surface area contributed by atoms with Crippen LogP contribution >= 0.6 is 0 Å². The van der Waals surface area contributed by atoms with Gasteiger partial charge in [-0.25, -0.2) is 0 Å². The van der Waals surface area contributed by atoms with Crippen molar-refractivity contribution >= 4 is 17.4 Å². The number of amides is 1. The predicted molar refractivity (Wildman–Crippen MR) is 80.5 cm³/mol. The average Bonchev–Trinajstić information content (AvgIpc) is 2.50. The van der Waals surface area contributed by atoms with E-state index >= 15 is 0 Å². The van der Waals surface area contributed by atoms with E-state index < -0.39 is 0 Å². The van der Waals surface area contributed by atoms with Crippen LogP contribution in [0.15, 0.2) is 12.1 Å². The minimum atomic E-state index is -0.385.